The summed E-state index contributed by atoms with van der Waals surface area (Å²) in [7, 11) is 1.78. The standard InChI is InChI=1S/C12H16N6O/c1-10(11-5-3-4-7-13-11)17(2)12(19)6-8-18-9-14-15-16-18/h3-5,7,9-10H,6,8H2,1-2H3/t10-/m0/s1. The third-order valence-electron chi connectivity index (χ3n) is 3.04. The van der Waals surface area contributed by atoms with Gasteiger partial charge in [0.2, 0.25) is 5.91 Å². The maximum Gasteiger partial charge on any atom is 0.224 e. The number of carbonyl (C=O) groups excluding carboxylic acids is 1. The number of hydrogen-bond acceptors (Lipinski definition) is 5. The number of hydrogen-bond donors (Lipinski definition) is 0. The molecule has 0 saturated heterocycles. The van der Waals surface area contributed by atoms with Crippen LogP contribution in [0.15, 0.2) is 30.7 Å². The molecule has 2 rings (SSSR count). The number of nitrogens with zero attached hydrogens (tertiary/aromatic N) is 6. The Kier molecular flexibility index (Phi) is 4.17. The lowest BCUT2D eigenvalue weighted by atomic mass is 10.2. The molecule has 0 aliphatic carbocycles. The first-order valence-corrected chi connectivity index (χ1v) is 6.06. The van der Waals surface area contributed by atoms with Crippen molar-refractivity contribution in [2.75, 3.05) is 7.05 Å². The Hall–Kier alpha value is -2.31. The topological polar surface area (TPSA) is 76.8 Å². The number of pyridine rings is 1. The molecule has 7 heteroatoms. The first kappa shape index (κ1) is 13.1. The van der Waals surface area contributed by atoms with Gasteiger partial charge in [-0.25, -0.2) is 4.68 Å². The summed E-state index contributed by atoms with van der Waals surface area (Å²) in [6, 6.07) is 5.63. The highest BCUT2D eigenvalue weighted by Gasteiger charge is 2.17. The molecule has 0 radical (unpaired) electrons. The zero-order valence-corrected chi connectivity index (χ0v) is 11.0. The van der Waals surface area contributed by atoms with Crippen molar-refractivity contribution in [1.82, 2.24) is 30.1 Å². The van der Waals surface area contributed by atoms with E-state index in [0.29, 0.717) is 13.0 Å². The summed E-state index contributed by atoms with van der Waals surface area (Å²) in [6.45, 7) is 2.43. The second kappa shape index (κ2) is 6.03. The molecular formula is C12H16N6O. The monoisotopic (exact) mass is 260 g/mol. The minimum Gasteiger partial charge on any atom is -0.337 e. The van der Waals surface area contributed by atoms with E-state index in [1.54, 1.807) is 18.1 Å². The number of rotatable bonds is 5. The molecule has 0 aliphatic heterocycles. The molecule has 19 heavy (non-hydrogen) atoms. The Balaban J connectivity index is 1.91. The molecule has 2 aromatic heterocycles. The van der Waals surface area contributed by atoms with Crippen molar-refractivity contribution in [2.24, 2.45) is 0 Å². The second-order valence-electron chi connectivity index (χ2n) is 4.26. The fourth-order valence-corrected chi connectivity index (χ4v) is 1.71. The fourth-order valence-electron chi connectivity index (χ4n) is 1.71. The van der Waals surface area contributed by atoms with Gasteiger partial charge >= 0.3 is 0 Å². The van der Waals surface area contributed by atoms with Gasteiger partial charge in [0.15, 0.2) is 0 Å². The molecule has 0 aliphatic rings. The molecule has 0 aromatic carbocycles. The van der Waals surface area contributed by atoms with E-state index in [9.17, 15) is 4.79 Å². The van der Waals surface area contributed by atoms with Crippen molar-refractivity contribution in [3.8, 4) is 0 Å². The van der Waals surface area contributed by atoms with Crippen LogP contribution in [-0.2, 0) is 11.3 Å². The molecule has 2 heterocycles. The first-order valence-electron chi connectivity index (χ1n) is 6.06. The highest BCUT2D eigenvalue weighted by molar-refractivity contribution is 5.76. The maximum absolute atomic E-state index is 12.1. The summed E-state index contributed by atoms with van der Waals surface area (Å²) in [5, 5.41) is 10.8. The molecule has 1 atom stereocenters. The average molecular weight is 260 g/mol. The normalized spacial score (nSPS) is 12.1. The zero-order chi connectivity index (χ0) is 13.7. The van der Waals surface area contributed by atoms with Gasteiger partial charge in [0, 0.05) is 19.7 Å². The Morgan fingerprint density at radius 3 is 2.95 bits per heavy atom. The molecule has 1 amide bonds. The van der Waals surface area contributed by atoms with Crippen LogP contribution in [0.3, 0.4) is 0 Å². The molecule has 0 saturated carbocycles. The summed E-state index contributed by atoms with van der Waals surface area (Å²) in [6.07, 6.45) is 3.58. The van der Waals surface area contributed by atoms with E-state index in [1.165, 1.54) is 11.0 Å². The van der Waals surface area contributed by atoms with Gasteiger partial charge < -0.3 is 4.90 Å². The maximum atomic E-state index is 12.1. The minimum absolute atomic E-state index is 0.0358. The predicted molar refractivity (Wildman–Crippen MR) is 67.9 cm³/mol. The second-order valence-corrected chi connectivity index (χ2v) is 4.26. The summed E-state index contributed by atoms with van der Waals surface area (Å²) >= 11 is 0. The van der Waals surface area contributed by atoms with E-state index < -0.39 is 0 Å². The summed E-state index contributed by atoms with van der Waals surface area (Å²) in [5.74, 6) is 0.0358. The van der Waals surface area contributed by atoms with Crippen LogP contribution in [0, 0.1) is 0 Å². The van der Waals surface area contributed by atoms with Gasteiger partial charge in [-0.05, 0) is 29.5 Å². The number of aromatic nitrogens is 5. The predicted octanol–water partition coefficient (Wildman–Crippen LogP) is 0.678. The van der Waals surface area contributed by atoms with Gasteiger partial charge in [-0.2, -0.15) is 0 Å². The van der Waals surface area contributed by atoms with Crippen molar-refractivity contribution in [2.45, 2.75) is 25.9 Å². The van der Waals surface area contributed by atoms with Crippen LogP contribution in [0.4, 0.5) is 0 Å². The minimum atomic E-state index is -0.0532. The number of tetrazole rings is 1. The van der Waals surface area contributed by atoms with Crippen molar-refractivity contribution >= 4 is 5.91 Å². The number of amides is 1. The highest BCUT2D eigenvalue weighted by Crippen LogP contribution is 2.16. The van der Waals surface area contributed by atoms with Gasteiger partial charge in [0.1, 0.15) is 6.33 Å². The lowest BCUT2D eigenvalue weighted by molar-refractivity contribution is -0.132. The van der Waals surface area contributed by atoms with E-state index in [1.807, 2.05) is 25.1 Å². The van der Waals surface area contributed by atoms with Gasteiger partial charge in [-0.1, -0.05) is 6.07 Å². The fraction of sp³-hybridized carbons (Fsp3) is 0.417. The van der Waals surface area contributed by atoms with Crippen LogP contribution >= 0.6 is 0 Å². The smallest absolute Gasteiger partial charge is 0.224 e. The quantitative estimate of drug-likeness (QED) is 0.790. The molecule has 0 fully saturated rings. The van der Waals surface area contributed by atoms with Gasteiger partial charge in [0.25, 0.3) is 0 Å². The van der Waals surface area contributed by atoms with Crippen LogP contribution in [0.25, 0.3) is 0 Å². The van der Waals surface area contributed by atoms with Crippen molar-refractivity contribution in [3.63, 3.8) is 0 Å². The van der Waals surface area contributed by atoms with Crippen molar-refractivity contribution in [3.05, 3.63) is 36.4 Å². The van der Waals surface area contributed by atoms with Gasteiger partial charge in [-0.15, -0.1) is 5.10 Å². The summed E-state index contributed by atoms with van der Waals surface area (Å²) in [5.41, 5.74) is 0.876. The van der Waals surface area contributed by atoms with Crippen molar-refractivity contribution < 1.29 is 4.79 Å². The molecular weight excluding hydrogens is 244 g/mol. The zero-order valence-electron chi connectivity index (χ0n) is 11.0. The van der Waals surface area contributed by atoms with Crippen LogP contribution in [0.5, 0.6) is 0 Å². The lowest BCUT2D eigenvalue weighted by Gasteiger charge is -2.24. The Morgan fingerprint density at radius 2 is 2.32 bits per heavy atom. The molecule has 0 bridgehead atoms. The highest BCUT2D eigenvalue weighted by atomic mass is 16.2. The van der Waals surface area contributed by atoms with E-state index in [0.717, 1.165) is 5.69 Å². The molecule has 0 unspecified atom stereocenters. The van der Waals surface area contributed by atoms with E-state index in [4.69, 9.17) is 0 Å². The summed E-state index contributed by atoms with van der Waals surface area (Å²) < 4.78 is 1.54. The Morgan fingerprint density at radius 1 is 1.47 bits per heavy atom. The SMILES string of the molecule is C[C@@H](c1ccccn1)N(C)C(=O)CCn1cnnn1. The number of carbonyl (C=O) groups is 1. The number of aryl methyl sites for hydroxylation is 1. The lowest BCUT2D eigenvalue weighted by Crippen LogP contribution is -2.30. The largest absolute Gasteiger partial charge is 0.337 e. The molecule has 2 aromatic rings. The van der Waals surface area contributed by atoms with Crippen LogP contribution < -0.4 is 0 Å². The van der Waals surface area contributed by atoms with Crippen LogP contribution in [0.1, 0.15) is 25.1 Å². The average Bonchev–Trinajstić information content (AvgIpc) is 2.97. The Labute approximate surface area is 111 Å². The molecule has 0 spiro atoms. The van der Waals surface area contributed by atoms with E-state index in [2.05, 4.69) is 20.5 Å². The third-order valence-corrected chi connectivity index (χ3v) is 3.04. The Bertz CT molecular complexity index is 512. The molecule has 7 nitrogen and oxygen atoms in total. The van der Waals surface area contributed by atoms with Gasteiger partial charge in [0.05, 0.1) is 18.3 Å². The molecule has 100 valence electrons. The third kappa shape index (κ3) is 3.34. The molecule has 0 N–H and O–H groups in total. The van der Waals surface area contributed by atoms with E-state index in [-0.39, 0.29) is 11.9 Å². The van der Waals surface area contributed by atoms with Crippen LogP contribution in [-0.4, -0.2) is 43.0 Å². The van der Waals surface area contributed by atoms with Gasteiger partial charge in [-0.3, -0.25) is 9.78 Å². The first-order chi connectivity index (χ1) is 9.18. The van der Waals surface area contributed by atoms with E-state index >= 15 is 0 Å². The van der Waals surface area contributed by atoms with Crippen LogP contribution in [0.2, 0.25) is 0 Å². The van der Waals surface area contributed by atoms with Crippen molar-refractivity contribution in [1.29, 1.82) is 0 Å². The summed E-state index contributed by atoms with van der Waals surface area (Å²) in [4.78, 5) is 18.0.